The molecule has 29 heavy (non-hydrogen) atoms. The molecule has 0 spiro atoms. The van der Waals surface area contributed by atoms with E-state index >= 15 is 0 Å². The fourth-order valence-corrected chi connectivity index (χ4v) is 4.08. The zero-order valence-corrected chi connectivity index (χ0v) is 17.2. The molecule has 1 fully saturated rings. The molecule has 3 aromatic rings. The molecule has 0 N–H and O–H groups in total. The molecule has 0 bridgehead atoms. The van der Waals surface area contributed by atoms with E-state index in [9.17, 15) is 4.79 Å². The van der Waals surface area contributed by atoms with Crippen LogP contribution in [-0.2, 0) is 6.54 Å². The van der Waals surface area contributed by atoms with Crippen molar-refractivity contribution in [1.29, 1.82) is 0 Å². The number of aromatic nitrogens is 5. The third kappa shape index (κ3) is 3.77. The Kier molecular flexibility index (Phi) is 5.38. The average molecular weight is 390 g/mol. The van der Waals surface area contributed by atoms with Gasteiger partial charge in [-0.05, 0) is 51.3 Å². The molecule has 1 aliphatic rings. The summed E-state index contributed by atoms with van der Waals surface area (Å²) in [7, 11) is 0. The van der Waals surface area contributed by atoms with Crippen LogP contribution in [0.3, 0.4) is 0 Å². The maximum Gasteiger partial charge on any atom is 0.257 e. The van der Waals surface area contributed by atoms with Gasteiger partial charge in [-0.25, -0.2) is 9.97 Å². The van der Waals surface area contributed by atoms with E-state index in [0.717, 1.165) is 54.3 Å². The summed E-state index contributed by atoms with van der Waals surface area (Å²) >= 11 is 0. The molecule has 1 amide bonds. The summed E-state index contributed by atoms with van der Waals surface area (Å²) in [5, 5.41) is 4.34. The lowest BCUT2D eigenvalue weighted by Crippen LogP contribution is -2.39. The van der Waals surface area contributed by atoms with Crippen molar-refractivity contribution in [2.24, 2.45) is 0 Å². The Morgan fingerprint density at radius 1 is 1.21 bits per heavy atom. The van der Waals surface area contributed by atoms with Crippen molar-refractivity contribution in [3.8, 4) is 11.1 Å². The molecule has 1 unspecified atom stereocenters. The van der Waals surface area contributed by atoms with E-state index in [0.29, 0.717) is 12.1 Å². The maximum atomic E-state index is 13.2. The van der Waals surface area contributed by atoms with Gasteiger partial charge in [0.25, 0.3) is 5.91 Å². The Hall–Kier alpha value is -3.09. The third-order valence-electron chi connectivity index (χ3n) is 5.66. The molecule has 1 aliphatic heterocycles. The molecule has 7 nitrogen and oxygen atoms in total. The van der Waals surface area contributed by atoms with Gasteiger partial charge >= 0.3 is 0 Å². The predicted octanol–water partition coefficient (Wildman–Crippen LogP) is 3.39. The summed E-state index contributed by atoms with van der Waals surface area (Å²) in [6.07, 6.45) is 9.11. The standard InChI is InChI=1S/C22H26N6O/c1-4-28-15(2)19(13-25-28)22(29)27-11-5-6-18(14-27)21-20(12-24-16(3)26-21)17-7-9-23-10-8-17/h7-10,12-13,18H,4-6,11,14H2,1-3H3. The van der Waals surface area contributed by atoms with Crippen molar-refractivity contribution >= 4 is 5.91 Å². The van der Waals surface area contributed by atoms with Crippen LogP contribution in [0.5, 0.6) is 0 Å². The Morgan fingerprint density at radius 2 is 2.00 bits per heavy atom. The van der Waals surface area contributed by atoms with Crippen LogP contribution in [0.25, 0.3) is 11.1 Å². The lowest BCUT2D eigenvalue weighted by atomic mass is 9.90. The topological polar surface area (TPSA) is 76.8 Å². The highest BCUT2D eigenvalue weighted by Crippen LogP contribution is 2.33. The maximum absolute atomic E-state index is 13.2. The summed E-state index contributed by atoms with van der Waals surface area (Å²) in [6.45, 7) is 8.08. The Morgan fingerprint density at radius 3 is 2.72 bits per heavy atom. The number of carbonyl (C=O) groups is 1. The minimum absolute atomic E-state index is 0.0585. The number of aryl methyl sites for hydroxylation is 2. The number of nitrogens with zero attached hydrogens (tertiary/aromatic N) is 6. The molecule has 3 aromatic heterocycles. The number of pyridine rings is 1. The number of amides is 1. The average Bonchev–Trinajstić information content (AvgIpc) is 3.14. The summed E-state index contributed by atoms with van der Waals surface area (Å²) in [6, 6.07) is 3.96. The monoisotopic (exact) mass is 390 g/mol. The van der Waals surface area contributed by atoms with E-state index < -0.39 is 0 Å². The van der Waals surface area contributed by atoms with Crippen molar-refractivity contribution in [1.82, 2.24) is 29.6 Å². The second kappa shape index (κ2) is 8.11. The lowest BCUT2D eigenvalue weighted by molar-refractivity contribution is 0.0705. The van der Waals surface area contributed by atoms with Crippen LogP contribution in [0.15, 0.2) is 36.9 Å². The van der Waals surface area contributed by atoms with Crippen molar-refractivity contribution in [2.75, 3.05) is 13.1 Å². The Labute approximate surface area is 170 Å². The van der Waals surface area contributed by atoms with Gasteiger partial charge in [0.1, 0.15) is 5.82 Å². The predicted molar refractivity (Wildman–Crippen MR) is 111 cm³/mol. The largest absolute Gasteiger partial charge is 0.338 e. The first-order valence-corrected chi connectivity index (χ1v) is 10.1. The van der Waals surface area contributed by atoms with Gasteiger partial charge in [0, 0.05) is 55.4 Å². The van der Waals surface area contributed by atoms with E-state index in [4.69, 9.17) is 4.98 Å². The quantitative estimate of drug-likeness (QED) is 0.682. The first kappa shape index (κ1) is 19.2. The van der Waals surface area contributed by atoms with Crippen molar-refractivity contribution in [3.05, 3.63) is 59.7 Å². The van der Waals surface area contributed by atoms with Gasteiger partial charge in [-0.15, -0.1) is 0 Å². The number of rotatable bonds is 4. The van der Waals surface area contributed by atoms with E-state index in [1.807, 2.05) is 48.7 Å². The van der Waals surface area contributed by atoms with Gasteiger partial charge in [-0.3, -0.25) is 14.5 Å². The highest BCUT2D eigenvalue weighted by atomic mass is 16.2. The van der Waals surface area contributed by atoms with Gasteiger partial charge in [0.2, 0.25) is 0 Å². The molecule has 7 heteroatoms. The van der Waals surface area contributed by atoms with Gasteiger partial charge in [-0.2, -0.15) is 5.10 Å². The molecule has 0 aromatic carbocycles. The van der Waals surface area contributed by atoms with Gasteiger partial charge in [-0.1, -0.05) is 0 Å². The van der Waals surface area contributed by atoms with E-state index in [1.165, 1.54) is 0 Å². The molecule has 150 valence electrons. The highest BCUT2D eigenvalue weighted by Gasteiger charge is 2.29. The summed E-state index contributed by atoms with van der Waals surface area (Å²) in [5.41, 5.74) is 4.71. The molecule has 0 saturated carbocycles. The van der Waals surface area contributed by atoms with E-state index in [2.05, 4.69) is 15.1 Å². The molecular weight excluding hydrogens is 364 g/mol. The zero-order valence-electron chi connectivity index (χ0n) is 17.2. The van der Waals surface area contributed by atoms with Crippen LogP contribution in [0.2, 0.25) is 0 Å². The van der Waals surface area contributed by atoms with Crippen LogP contribution in [-0.4, -0.2) is 48.6 Å². The van der Waals surface area contributed by atoms with Crippen molar-refractivity contribution in [2.45, 2.75) is 46.1 Å². The Bertz CT molecular complexity index is 1010. The fourth-order valence-electron chi connectivity index (χ4n) is 4.08. The van der Waals surface area contributed by atoms with Crippen LogP contribution in [0, 0.1) is 13.8 Å². The number of hydrogen-bond donors (Lipinski definition) is 0. The van der Waals surface area contributed by atoms with Crippen LogP contribution in [0.4, 0.5) is 0 Å². The number of likely N-dealkylation sites (tertiary alicyclic amines) is 1. The molecule has 0 aliphatic carbocycles. The number of carbonyl (C=O) groups excluding carboxylic acids is 1. The molecule has 0 radical (unpaired) electrons. The van der Waals surface area contributed by atoms with Gasteiger partial charge in [0.05, 0.1) is 17.5 Å². The van der Waals surface area contributed by atoms with Gasteiger partial charge < -0.3 is 4.90 Å². The van der Waals surface area contributed by atoms with Crippen LogP contribution in [0.1, 0.15) is 53.3 Å². The third-order valence-corrected chi connectivity index (χ3v) is 5.66. The lowest BCUT2D eigenvalue weighted by Gasteiger charge is -2.33. The molecule has 1 saturated heterocycles. The number of hydrogen-bond acceptors (Lipinski definition) is 5. The second-order valence-corrected chi connectivity index (χ2v) is 7.50. The summed E-state index contributed by atoms with van der Waals surface area (Å²) in [5.74, 6) is 0.989. The first-order chi connectivity index (χ1) is 14.1. The molecule has 4 heterocycles. The van der Waals surface area contributed by atoms with E-state index in [-0.39, 0.29) is 11.8 Å². The van der Waals surface area contributed by atoms with Gasteiger partial charge in [0.15, 0.2) is 0 Å². The molecule has 4 rings (SSSR count). The highest BCUT2D eigenvalue weighted by molar-refractivity contribution is 5.95. The zero-order chi connectivity index (χ0) is 20.4. The fraction of sp³-hybridized carbons (Fsp3) is 0.409. The van der Waals surface area contributed by atoms with Crippen molar-refractivity contribution < 1.29 is 4.79 Å². The summed E-state index contributed by atoms with van der Waals surface area (Å²) in [4.78, 5) is 28.4. The minimum atomic E-state index is 0.0585. The minimum Gasteiger partial charge on any atom is -0.338 e. The second-order valence-electron chi connectivity index (χ2n) is 7.50. The van der Waals surface area contributed by atoms with Crippen LogP contribution < -0.4 is 0 Å². The summed E-state index contributed by atoms with van der Waals surface area (Å²) < 4.78 is 1.87. The number of piperidine rings is 1. The SMILES string of the molecule is CCn1ncc(C(=O)N2CCCC(c3nc(C)ncc3-c3ccncc3)C2)c1C. The smallest absolute Gasteiger partial charge is 0.257 e. The van der Waals surface area contributed by atoms with E-state index in [1.54, 1.807) is 18.6 Å². The van der Waals surface area contributed by atoms with Crippen molar-refractivity contribution in [3.63, 3.8) is 0 Å². The molecule has 1 atom stereocenters. The van der Waals surface area contributed by atoms with Crippen LogP contribution >= 0.6 is 0 Å². The Balaban J connectivity index is 1.63. The first-order valence-electron chi connectivity index (χ1n) is 10.1. The molecular formula is C22H26N6O. The normalized spacial score (nSPS) is 16.8.